The van der Waals surface area contributed by atoms with Gasteiger partial charge in [-0.1, -0.05) is 0 Å². The summed E-state index contributed by atoms with van der Waals surface area (Å²) < 4.78 is 35.7. The third-order valence-electron chi connectivity index (χ3n) is 2.41. The van der Waals surface area contributed by atoms with Gasteiger partial charge in [-0.3, -0.25) is 4.90 Å². The monoisotopic (exact) mass is 221 g/mol. The van der Waals surface area contributed by atoms with Gasteiger partial charge in [-0.15, -0.1) is 0 Å². The van der Waals surface area contributed by atoms with Crippen LogP contribution in [0.5, 0.6) is 0 Å². The molecule has 0 aromatic carbocycles. The predicted molar refractivity (Wildman–Crippen MR) is 49.1 cm³/mol. The summed E-state index contributed by atoms with van der Waals surface area (Å²) in [6, 6.07) is 1.80. The van der Waals surface area contributed by atoms with E-state index < -0.39 is 12.6 Å². The second-order valence-corrected chi connectivity index (χ2v) is 3.60. The average molecular weight is 221 g/mol. The molecule has 3 nitrogen and oxygen atoms in total. The van der Waals surface area contributed by atoms with Crippen molar-refractivity contribution >= 4 is 0 Å². The Morgan fingerprint density at radius 3 is 2.80 bits per heavy atom. The first-order valence-electron chi connectivity index (χ1n) is 4.94. The van der Waals surface area contributed by atoms with Crippen molar-refractivity contribution in [2.24, 2.45) is 0 Å². The Bertz CT molecular complexity index is 234. The number of piperazine rings is 1. The quantitative estimate of drug-likeness (QED) is 0.776. The molecular weight excluding hydrogens is 207 g/mol. The molecule has 0 spiro atoms. The number of alkyl halides is 3. The lowest BCUT2D eigenvalue weighted by atomic mass is 10.2. The maximum absolute atomic E-state index is 11.9. The van der Waals surface area contributed by atoms with Crippen LogP contribution < -0.4 is 5.32 Å². The van der Waals surface area contributed by atoms with Crippen LogP contribution in [0.1, 0.15) is 12.8 Å². The van der Waals surface area contributed by atoms with Crippen molar-refractivity contribution in [2.45, 2.75) is 25.1 Å². The third kappa shape index (κ3) is 4.49. The summed E-state index contributed by atoms with van der Waals surface area (Å²) in [5.41, 5.74) is 0. The van der Waals surface area contributed by atoms with E-state index in [1.807, 2.05) is 4.90 Å². The van der Waals surface area contributed by atoms with Crippen molar-refractivity contribution in [3.63, 3.8) is 0 Å². The van der Waals surface area contributed by atoms with Gasteiger partial charge in [0.1, 0.15) is 6.04 Å². The van der Waals surface area contributed by atoms with E-state index in [-0.39, 0.29) is 12.5 Å². The molecule has 1 rings (SSSR count). The van der Waals surface area contributed by atoms with Crippen molar-refractivity contribution in [2.75, 3.05) is 26.2 Å². The Hall–Kier alpha value is -0.800. The number of rotatable bonds is 3. The van der Waals surface area contributed by atoms with Gasteiger partial charge in [-0.05, 0) is 13.0 Å². The molecule has 6 heteroatoms. The number of nitriles is 1. The normalized spacial score (nSPS) is 23.7. The largest absolute Gasteiger partial charge is 0.389 e. The molecule has 0 aromatic heterocycles. The minimum atomic E-state index is -4.09. The first kappa shape index (κ1) is 12.3. The van der Waals surface area contributed by atoms with Crippen LogP contribution in [-0.2, 0) is 0 Å². The smallest absolute Gasteiger partial charge is 0.313 e. The molecule has 0 saturated carbocycles. The van der Waals surface area contributed by atoms with Crippen LogP contribution in [0.25, 0.3) is 0 Å². The van der Waals surface area contributed by atoms with E-state index in [1.165, 1.54) is 0 Å². The van der Waals surface area contributed by atoms with Crippen molar-refractivity contribution in [3.05, 3.63) is 0 Å². The fraction of sp³-hybridized carbons (Fsp3) is 0.889. The molecule has 0 aromatic rings. The van der Waals surface area contributed by atoms with Crippen LogP contribution in [0, 0.1) is 11.3 Å². The molecule has 0 radical (unpaired) electrons. The zero-order valence-electron chi connectivity index (χ0n) is 8.35. The van der Waals surface area contributed by atoms with E-state index >= 15 is 0 Å². The first-order chi connectivity index (χ1) is 7.03. The molecule has 1 fully saturated rings. The highest BCUT2D eigenvalue weighted by atomic mass is 19.4. The molecule has 0 bridgehead atoms. The Balaban J connectivity index is 2.27. The summed E-state index contributed by atoms with van der Waals surface area (Å²) in [6.07, 6.45) is -4.78. The molecule has 0 amide bonds. The average Bonchev–Trinajstić information content (AvgIpc) is 2.16. The van der Waals surface area contributed by atoms with Gasteiger partial charge >= 0.3 is 6.18 Å². The molecule has 1 heterocycles. The van der Waals surface area contributed by atoms with Crippen LogP contribution in [0.15, 0.2) is 0 Å². The van der Waals surface area contributed by atoms with Gasteiger partial charge in [0, 0.05) is 26.1 Å². The number of halogens is 3. The standard InChI is InChI=1S/C9H14F3N3/c10-9(11,12)2-1-4-15-5-3-14-7-8(15)6-13/h8,14H,1-5,7H2. The van der Waals surface area contributed by atoms with Crippen molar-refractivity contribution in [1.82, 2.24) is 10.2 Å². The number of hydrogen-bond donors (Lipinski definition) is 1. The van der Waals surface area contributed by atoms with Crippen molar-refractivity contribution in [1.29, 1.82) is 5.26 Å². The number of hydrogen-bond acceptors (Lipinski definition) is 3. The fourth-order valence-electron chi connectivity index (χ4n) is 1.62. The SMILES string of the molecule is N#CC1CNCCN1CCCC(F)(F)F. The van der Waals surface area contributed by atoms with E-state index in [1.54, 1.807) is 0 Å². The summed E-state index contributed by atoms with van der Waals surface area (Å²) in [4.78, 5) is 1.81. The lowest BCUT2D eigenvalue weighted by Crippen LogP contribution is -2.50. The van der Waals surface area contributed by atoms with E-state index in [0.717, 1.165) is 6.54 Å². The van der Waals surface area contributed by atoms with Gasteiger partial charge in [0.2, 0.25) is 0 Å². The molecule has 86 valence electrons. The minimum absolute atomic E-state index is 0.0711. The van der Waals surface area contributed by atoms with Crippen molar-refractivity contribution < 1.29 is 13.2 Å². The summed E-state index contributed by atoms with van der Waals surface area (Å²) in [6.45, 7) is 2.28. The van der Waals surface area contributed by atoms with Gasteiger partial charge in [-0.2, -0.15) is 18.4 Å². The second-order valence-electron chi connectivity index (χ2n) is 3.60. The van der Waals surface area contributed by atoms with Gasteiger partial charge in [0.15, 0.2) is 0 Å². The number of nitrogens with one attached hydrogen (secondary N) is 1. The summed E-state index contributed by atoms with van der Waals surface area (Å²) in [5.74, 6) is 0. The Kier molecular flexibility index (Phi) is 4.36. The van der Waals surface area contributed by atoms with Gasteiger partial charge < -0.3 is 5.32 Å². The van der Waals surface area contributed by atoms with Crippen LogP contribution in [0.2, 0.25) is 0 Å². The van der Waals surface area contributed by atoms with E-state index in [9.17, 15) is 13.2 Å². The number of nitrogens with zero attached hydrogens (tertiary/aromatic N) is 2. The van der Waals surface area contributed by atoms with E-state index in [4.69, 9.17) is 5.26 Å². The summed E-state index contributed by atoms with van der Waals surface area (Å²) in [5, 5.41) is 11.8. The van der Waals surface area contributed by atoms with Crippen LogP contribution >= 0.6 is 0 Å². The molecule has 0 aliphatic carbocycles. The summed E-state index contributed by atoms with van der Waals surface area (Å²) in [7, 11) is 0. The molecule has 15 heavy (non-hydrogen) atoms. The van der Waals surface area contributed by atoms with Gasteiger partial charge in [0.25, 0.3) is 0 Å². The van der Waals surface area contributed by atoms with Gasteiger partial charge in [-0.25, -0.2) is 0 Å². The lowest BCUT2D eigenvalue weighted by Gasteiger charge is -2.31. The second kappa shape index (κ2) is 5.33. The maximum Gasteiger partial charge on any atom is 0.389 e. The Labute approximate surface area is 86.9 Å². The zero-order valence-corrected chi connectivity index (χ0v) is 8.35. The van der Waals surface area contributed by atoms with E-state index in [2.05, 4.69) is 11.4 Å². The molecule has 1 unspecified atom stereocenters. The summed E-state index contributed by atoms with van der Waals surface area (Å²) >= 11 is 0. The highest BCUT2D eigenvalue weighted by Crippen LogP contribution is 2.21. The molecule has 1 aliphatic heterocycles. The fourth-order valence-corrected chi connectivity index (χ4v) is 1.62. The van der Waals surface area contributed by atoms with Gasteiger partial charge in [0.05, 0.1) is 6.07 Å². The molecule has 1 aliphatic rings. The molecule has 1 saturated heterocycles. The topological polar surface area (TPSA) is 39.1 Å². The zero-order chi connectivity index (χ0) is 11.3. The van der Waals surface area contributed by atoms with Crippen LogP contribution in [-0.4, -0.2) is 43.3 Å². The van der Waals surface area contributed by atoms with E-state index in [0.29, 0.717) is 19.6 Å². The molecule has 1 atom stereocenters. The highest BCUT2D eigenvalue weighted by molar-refractivity contribution is 4.96. The van der Waals surface area contributed by atoms with Crippen LogP contribution in [0.3, 0.4) is 0 Å². The maximum atomic E-state index is 11.9. The first-order valence-corrected chi connectivity index (χ1v) is 4.94. The van der Waals surface area contributed by atoms with Crippen molar-refractivity contribution in [3.8, 4) is 6.07 Å². The van der Waals surface area contributed by atoms with Crippen LogP contribution in [0.4, 0.5) is 13.2 Å². The highest BCUT2D eigenvalue weighted by Gasteiger charge is 2.28. The molecular formula is C9H14F3N3. The molecule has 1 N–H and O–H groups in total. The lowest BCUT2D eigenvalue weighted by molar-refractivity contribution is -0.136. The minimum Gasteiger partial charge on any atom is -0.313 e. The Morgan fingerprint density at radius 2 is 2.20 bits per heavy atom. The Morgan fingerprint density at radius 1 is 1.47 bits per heavy atom. The predicted octanol–water partition coefficient (Wildman–Crippen LogP) is 1.13. The third-order valence-corrected chi connectivity index (χ3v) is 2.41.